The molecule has 1 aromatic carbocycles. The maximum absolute atomic E-state index is 4.64. The lowest BCUT2D eigenvalue weighted by Gasteiger charge is -2.25. The van der Waals surface area contributed by atoms with Gasteiger partial charge in [0, 0.05) is 34.0 Å². The SMILES string of the molecule is Brc1ccc2c(c1)c1cccnc1n2C1CCCNC1. The van der Waals surface area contributed by atoms with Gasteiger partial charge in [-0.25, -0.2) is 4.98 Å². The minimum Gasteiger partial charge on any atom is -0.321 e. The molecule has 1 saturated heterocycles. The largest absolute Gasteiger partial charge is 0.321 e. The van der Waals surface area contributed by atoms with E-state index in [0.29, 0.717) is 6.04 Å². The molecule has 1 aliphatic heterocycles. The summed E-state index contributed by atoms with van der Waals surface area (Å²) < 4.78 is 3.54. The molecule has 0 bridgehead atoms. The average molecular weight is 330 g/mol. The van der Waals surface area contributed by atoms with E-state index in [1.807, 2.05) is 12.3 Å². The minimum atomic E-state index is 0.500. The van der Waals surface area contributed by atoms with Crippen LogP contribution in [0.15, 0.2) is 41.0 Å². The molecule has 3 aromatic rings. The monoisotopic (exact) mass is 329 g/mol. The zero-order valence-corrected chi connectivity index (χ0v) is 12.7. The highest BCUT2D eigenvalue weighted by molar-refractivity contribution is 9.10. The van der Waals surface area contributed by atoms with E-state index in [0.717, 1.165) is 23.2 Å². The Morgan fingerprint density at radius 1 is 1.25 bits per heavy atom. The molecule has 1 unspecified atom stereocenters. The third-order valence-corrected chi connectivity index (χ3v) is 4.65. The van der Waals surface area contributed by atoms with Crippen LogP contribution in [0.2, 0.25) is 0 Å². The summed E-state index contributed by atoms with van der Waals surface area (Å²) >= 11 is 3.58. The first-order chi connectivity index (χ1) is 9.84. The summed E-state index contributed by atoms with van der Waals surface area (Å²) in [5.74, 6) is 0. The maximum atomic E-state index is 4.64. The van der Waals surface area contributed by atoms with Crippen molar-refractivity contribution in [1.29, 1.82) is 0 Å². The number of nitrogens with zero attached hydrogens (tertiary/aromatic N) is 2. The predicted molar refractivity (Wildman–Crippen MR) is 86.1 cm³/mol. The third kappa shape index (κ3) is 1.86. The Bertz CT molecular complexity index is 772. The summed E-state index contributed by atoms with van der Waals surface area (Å²) in [7, 11) is 0. The highest BCUT2D eigenvalue weighted by atomic mass is 79.9. The van der Waals surface area contributed by atoms with Crippen molar-refractivity contribution in [2.75, 3.05) is 13.1 Å². The molecule has 102 valence electrons. The number of aromatic nitrogens is 2. The second-order valence-electron chi connectivity index (χ2n) is 5.41. The molecular formula is C16H16BrN3. The highest BCUT2D eigenvalue weighted by Crippen LogP contribution is 2.34. The number of pyridine rings is 1. The van der Waals surface area contributed by atoms with Gasteiger partial charge in [0.1, 0.15) is 5.65 Å². The van der Waals surface area contributed by atoms with Crippen molar-refractivity contribution in [3.8, 4) is 0 Å². The molecule has 0 saturated carbocycles. The Morgan fingerprint density at radius 3 is 3.05 bits per heavy atom. The number of fused-ring (bicyclic) bond motifs is 3. The first-order valence-corrected chi connectivity index (χ1v) is 7.89. The van der Waals surface area contributed by atoms with Crippen molar-refractivity contribution >= 4 is 37.9 Å². The molecule has 0 spiro atoms. The number of benzene rings is 1. The number of hydrogen-bond donors (Lipinski definition) is 1. The van der Waals surface area contributed by atoms with Crippen molar-refractivity contribution in [1.82, 2.24) is 14.9 Å². The fourth-order valence-electron chi connectivity index (χ4n) is 3.27. The average Bonchev–Trinajstić information content (AvgIpc) is 2.82. The predicted octanol–water partition coefficient (Wildman–Crippen LogP) is 3.88. The standard InChI is InChI=1S/C16H16BrN3/c17-11-5-6-15-14(9-11)13-4-2-8-19-16(13)20(15)12-3-1-7-18-10-12/h2,4-6,8-9,12,18H,1,3,7,10H2. The van der Waals surface area contributed by atoms with E-state index in [1.165, 1.54) is 29.1 Å². The Morgan fingerprint density at radius 2 is 2.20 bits per heavy atom. The van der Waals surface area contributed by atoms with Gasteiger partial charge in [0.05, 0.1) is 5.52 Å². The Labute approximate surface area is 126 Å². The van der Waals surface area contributed by atoms with E-state index in [4.69, 9.17) is 0 Å². The lowest BCUT2D eigenvalue weighted by molar-refractivity contribution is 0.384. The van der Waals surface area contributed by atoms with Gasteiger partial charge in [0.2, 0.25) is 0 Å². The molecule has 20 heavy (non-hydrogen) atoms. The molecule has 1 aliphatic rings. The van der Waals surface area contributed by atoms with Crippen molar-refractivity contribution in [2.45, 2.75) is 18.9 Å². The molecule has 4 heteroatoms. The van der Waals surface area contributed by atoms with E-state index in [9.17, 15) is 0 Å². The van der Waals surface area contributed by atoms with E-state index >= 15 is 0 Å². The van der Waals surface area contributed by atoms with Gasteiger partial charge in [-0.3, -0.25) is 0 Å². The fourth-order valence-corrected chi connectivity index (χ4v) is 3.63. The first kappa shape index (κ1) is 12.4. The van der Waals surface area contributed by atoms with Gasteiger partial charge >= 0.3 is 0 Å². The normalized spacial score (nSPS) is 19.8. The van der Waals surface area contributed by atoms with Gasteiger partial charge in [-0.1, -0.05) is 15.9 Å². The molecule has 0 amide bonds. The number of halogens is 1. The van der Waals surface area contributed by atoms with Crippen LogP contribution in [0.25, 0.3) is 21.9 Å². The molecule has 3 nitrogen and oxygen atoms in total. The van der Waals surface area contributed by atoms with Crippen molar-refractivity contribution < 1.29 is 0 Å². The van der Waals surface area contributed by atoms with Crippen LogP contribution in [0.5, 0.6) is 0 Å². The van der Waals surface area contributed by atoms with Gasteiger partial charge in [-0.15, -0.1) is 0 Å². The lowest BCUT2D eigenvalue weighted by atomic mass is 10.1. The Balaban J connectivity index is 2.05. The quantitative estimate of drug-likeness (QED) is 0.734. The molecule has 4 rings (SSSR count). The van der Waals surface area contributed by atoms with Crippen LogP contribution in [0.3, 0.4) is 0 Å². The van der Waals surface area contributed by atoms with Crippen molar-refractivity contribution in [3.63, 3.8) is 0 Å². The summed E-state index contributed by atoms with van der Waals surface area (Å²) in [6.07, 6.45) is 4.34. The zero-order valence-electron chi connectivity index (χ0n) is 11.1. The maximum Gasteiger partial charge on any atom is 0.141 e. The molecular weight excluding hydrogens is 314 g/mol. The van der Waals surface area contributed by atoms with E-state index < -0.39 is 0 Å². The van der Waals surface area contributed by atoms with Crippen LogP contribution in [0, 0.1) is 0 Å². The van der Waals surface area contributed by atoms with Crippen LogP contribution in [-0.2, 0) is 0 Å². The first-order valence-electron chi connectivity index (χ1n) is 7.09. The van der Waals surface area contributed by atoms with Gasteiger partial charge in [-0.2, -0.15) is 0 Å². The van der Waals surface area contributed by atoms with Crippen molar-refractivity contribution in [3.05, 3.63) is 41.0 Å². The van der Waals surface area contributed by atoms with Crippen molar-refractivity contribution in [2.24, 2.45) is 0 Å². The van der Waals surface area contributed by atoms with E-state index in [1.54, 1.807) is 0 Å². The molecule has 1 fully saturated rings. The van der Waals surface area contributed by atoms with Crippen LogP contribution >= 0.6 is 15.9 Å². The molecule has 2 aromatic heterocycles. The number of hydrogen-bond acceptors (Lipinski definition) is 2. The van der Waals surface area contributed by atoms with E-state index in [-0.39, 0.29) is 0 Å². The summed E-state index contributed by atoms with van der Waals surface area (Å²) in [6, 6.07) is 11.2. The highest BCUT2D eigenvalue weighted by Gasteiger charge is 2.20. The number of nitrogens with one attached hydrogen (secondary N) is 1. The second-order valence-corrected chi connectivity index (χ2v) is 6.32. The Kier molecular flexibility index (Phi) is 3.00. The zero-order chi connectivity index (χ0) is 13.5. The molecule has 0 aliphatic carbocycles. The molecule has 0 radical (unpaired) electrons. The summed E-state index contributed by atoms with van der Waals surface area (Å²) in [5.41, 5.74) is 2.39. The number of rotatable bonds is 1. The Hall–Kier alpha value is -1.39. The third-order valence-electron chi connectivity index (χ3n) is 4.16. The van der Waals surface area contributed by atoms with Gasteiger partial charge in [0.15, 0.2) is 0 Å². The molecule has 1 atom stereocenters. The topological polar surface area (TPSA) is 29.9 Å². The summed E-state index contributed by atoms with van der Waals surface area (Å²) in [4.78, 5) is 4.64. The second kappa shape index (κ2) is 4.86. The van der Waals surface area contributed by atoms with Crippen LogP contribution < -0.4 is 5.32 Å². The van der Waals surface area contributed by atoms with Gasteiger partial charge < -0.3 is 9.88 Å². The summed E-state index contributed by atoms with van der Waals surface area (Å²) in [6.45, 7) is 2.16. The van der Waals surface area contributed by atoms with Gasteiger partial charge in [-0.05, 0) is 49.7 Å². The smallest absolute Gasteiger partial charge is 0.141 e. The number of piperidine rings is 1. The lowest BCUT2D eigenvalue weighted by Crippen LogP contribution is -2.31. The fraction of sp³-hybridized carbons (Fsp3) is 0.312. The molecule has 1 N–H and O–H groups in total. The summed E-state index contributed by atoms with van der Waals surface area (Å²) in [5, 5.41) is 6.04. The van der Waals surface area contributed by atoms with Gasteiger partial charge in [0.25, 0.3) is 0 Å². The van der Waals surface area contributed by atoms with Crippen LogP contribution in [-0.4, -0.2) is 22.6 Å². The molecule has 3 heterocycles. The van der Waals surface area contributed by atoms with Crippen LogP contribution in [0.1, 0.15) is 18.9 Å². The van der Waals surface area contributed by atoms with Crippen LogP contribution in [0.4, 0.5) is 0 Å². The van der Waals surface area contributed by atoms with E-state index in [2.05, 4.69) is 55.1 Å². The minimum absolute atomic E-state index is 0.500.